The number of hydrogen-bond acceptors (Lipinski definition) is 3. The summed E-state index contributed by atoms with van der Waals surface area (Å²) >= 11 is 1.67. The zero-order valence-electron chi connectivity index (χ0n) is 14.9. The van der Waals surface area contributed by atoms with Crippen LogP contribution in [0.4, 0.5) is 10.5 Å². The van der Waals surface area contributed by atoms with Gasteiger partial charge in [0.15, 0.2) is 0 Å². The van der Waals surface area contributed by atoms with Crippen molar-refractivity contribution in [2.24, 2.45) is 0 Å². The molecule has 1 N–H and O–H groups in total. The van der Waals surface area contributed by atoms with Gasteiger partial charge in [-0.25, -0.2) is 4.79 Å². The standard InChI is InChI=1S/C19H27NO2S/c1-8-9-17(23-7)14-10-11-16(15(12-14)13(2)3)20-18(21)22-19(4,5)6/h8-13H,1H2,2-7H3,(H,20,21)/b17-9-. The van der Waals surface area contributed by atoms with Crippen LogP contribution >= 0.6 is 11.8 Å². The number of rotatable bonds is 5. The molecular formula is C19H27NO2S. The summed E-state index contributed by atoms with van der Waals surface area (Å²) in [5, 5.41) is 2.86. The molecule has 0 unspecified atom stereocenters. The van der Waals surface area contributed by atoms with E-state index in [2.05, 4.69) is 31.8 Å². The van der Waals surface area contributed by atoms with E-state index in [0.29, 0.717) is 0 Å². The SMILES string of the molecule is C=C/C=C(\SC)c1ccc(NC(=O)OC(C)(C)C)c(C(C)C)c1. The van der Waals surface area contributed by atoms with Gasteiger partial charge in [-0.2, -0.15) is 0 Å². The van der Waals surface area contributed by atoms with Crippen LogP contribution in [0.15, 0.2) is 36.9 Å². The number of benzene rings is 1. The number of carbonyl (C=O) groups excluding carboxylic acids is 1. The van der Waals surface area contributed by atoms with Crippen LogP contribution in [0.25, 0.3) is 4.91 Å². The van der Waals surface area contributed by atoms with Gasteiger partial charge in [-0.05, 0) is 62.3 Å². The number of carbonyl (C=O) groups is 1. The summed E-state index contributed by atoms with van der Waals surface area (Å²) in [4.78, 5) is 13.2. The van der Waals surface area contributed by atoms with Crippen LogP contribution in [0.1, 0.15) is 51.7 Å². The van der Waals surface area contributed by atoms with Crippen molar-refractivity contribution in [3.63, 3.8) is 0 Å². The number of thioether (sulfide) groups is 1. The third-order valence-corrected chi connectivity index (χ3v) is 3.89. The quantitative estimate of drug-likeness (QED) is 0.667. The van der Waals surface area contributed by atoms with Gasteiger partial charge in [-0.3, -0.25) is 5.32 Å². The first kappa shape index (κ1) is 19.4. The van der Waals surface area contributed by atoms with Crippen molar-refractivity contribution >= 4 is 28.4 Å². The predicted octanol–water partition coefficient (Wildman–Crippen LogP) is 6.05. The number of anilines is 1. The third-order valence-electron chi connectivity index (χ3n) is 3.08. The summed E-state index contributed by atoms with van der Waals surface area (Å²) in [6, 6.07) is 6.05. The molecule has 4 heteroatoms. The third kappa shape index (κ3) is 6.14. The number of ether oxygens (including phenoxy) is 1. The van der Waals surface area contributed by atoms with E-state index in [1.165, 1.54) is 0 Å². The maximum atomic E-state index is 12.0. The second kappa shape index (κ2) is 8.25. The fourth-order valence-corrected chi connectivity index (χ4v) is 2.71. The number of amides is 1. The molecule has 0 atom stereocenters. The van der Waals surface area contributed by atoms with Crippen LogP contribution in [-0.2, 0) is 4.74 Å². The van der Waals surface area contributed by atoms with Crippen LogP contribution < -0.4 is 5.32 Å². The highest BCUT2D eigenvalue weighted by Gasteiger charge is 2.18. The monoisotopic (exact) mass is 333 g/mol. The van der Waals surface area contributed by atoms with Crippen LogP contribution in [0, 0.1) is 0 Å². The largest absolute Gasteiger partial charge is 0.444 e. The van der Waals surface area contributed by atoms with E-state index >= 15 is 0 Å². The topological polar surface area (TPSA) is 38.3 Å². The zero-order chi connectivity index (χ0) is 17.6. The molecule has 0 aliphatic carbocycles. The van der Waals surface area contributed by atoms with Crippen LogP contribution in [-0.4, -0.2) is 18.0 Å². The lowest BCUT2D eigenvalue weighted by Crippen LogP contribution is -2.27. The molecule has 0 bridgehead atoms. The Morgan fingerprint density at radius 1 is 1.35 bits per heavy atom. The molecule has 1 aromatic carbocycles. The van der Waals surface area contributed by atoms with Crippen LogP contribution in [0.2, 0.25) is 0 Å². The van der Waals surface area contributed by atoms with Gasteiger partial charge in [-0.15, -0.1) is 11.8 Å². The van der Waals surface area contributed by atoms with E-state index in [9.17, 15) is 4.79 Å². The Morgan fingerprint density at radius 3 is 2.48 bits per heavy atom. The van der Waals surface area contributed by atoms with Crippen LogP contribution in [0.3, 0.4) is 0 Å². The number of allylic oxidation sites excluding steroid dienone is 2. The summed E-state index contributed by atoms with van der Waals surface area (Å²) in [6.07, 6.45) is 5.38. The van der Waals surface area contributed by atoms with Gasteiger partial charge in [0.25, 0.3) is 0 Å². The van der Waals surface area contributed by atoms with Crippen molar-refractivity contribution in [3.8, 4) is 0 Å². The Kier molecular flexibility index (Phi) is 6.95. The van der Waals surface area contributed by atoms with Crippen molar-refractivity contribution in [3.05, 3.63) is 48.1 Å². The fourth-order valence-electron chi connectivity index (χ4n) is 2.11. The molecule has 1 aromatic rings. The van der Waals surface area contributed by atoms with E-state index in [-0.39, 0.29) is 5.92 Å². The van der Waals surface area contributed by atoms with E-state index in [1.54, 1.807) is 17.8 Å². The lowest BCUT2D eigenvalue weighted by Gasteiger charge is -2.21. The Labute approximate surface area is 144 Å². The van der Waals surface area contributed by atoms with E-state index in [4.69, 9.17) is 4.74 Å². The summed E-state index contributed by atoms with van der Waals surface area (Å²) in [6.45, 7) is 13.5. The van der Waals surface area contributed by atoms with Crippen molar-refractivity contribution in [2.75, 3.05) is 11.6 Å². The molecule has 0 fully saturated rings. The molecule has 0 saturated carbocycles. The fraction of sp³-hybridized carbons (Fsp3) is 0.421. The molecule has 23 heavy (non-hydrogen) atoms. The van der Waals surface area contributed by atoms with Crippen LogP contribution in [0.5, 0.6) is 0 Å². The van der Waals surface area contributed by atoms with E-state index in [0.717, 1.165) is 21.7 Å². The maximum Gasteiger partial charge on any atom is 0.412 e. The lowest BCUT2D eigenvalue weighted by atomic mass is 9.98. The van der Waals surface area contributed by atoms with Gasteiger partial charge in [0.2, 0.25) is 0 Å². The van der Waals surface area contributed by atoms with Crippen molar-refractivity contribution < 1.29 is 9.53 Å². The average Bonchev–Trinajstić information content (AvgIpc) is 2.43. The van der Waals surface area contributed by atoms with Gasteiger partial charge < -0.3 is 4.74 Å². The van der Waals surface area contributed by atoms with Crippen molar-refractivity contribution in [1.29, 1.82) is 0 Å². The maximum absolute atomic E-state index is 12.0. The first-order valence-electron chi connectivity index (χ1n) is 7.69. The molecule has 0 radical (unpaired) electrons. The summed E-state index contributed by atoms with van der Waals surface area (Å²) < 4.78 is 5.34. The minimum Gasteiger partial charge on any atom is -0.444 e. The summed E-state index contributed by atoms with van der Waals surface area (Å²) in [5.74, 6) is 0.284. The Hall–Kier alpha value is -1.68. The first-order chi connectivity index (χ1) is 10.7. The smallest absolute Gasteiger partial charge is 0.412 e. The Balaban J connectivity index is 3.13. The Bertz CT molecular complexity index is 598. The molecule has 0 heterocycles. The molecule has 0 aromatic heterocycles. The lowest BCUT2D eigenvalue weighted by molar-refractivity contribution is 0.0636. The average molecular weight is 333 g/mol. The number of hydrogen-bond donors (Lipinski definition) is 1. The highest BCUT2D eigenvalue weighted by atomic mass is 32.2. The van der Waals surface area contributed by atoms with Gasteiger partial charge >= 0.3 is 6.09 Å². The molecule has 0 aliphatic heterocycles. The summed E-state index contributed by atoms with van der Waals surface area (Å²) in [7, 11) is 0. The predicted molar refractivity (Wildman–Crippen MR) is 102 cm³/mol. The molecule has 0 saturated heterocycles. The molecule has 3 nitrogen and oxygen atoms in total. The van der Waals surface area contributed by atoms with E-state index in [1.807, 2.05) is 45.2 Å². The normalized spacial score (nSPS) is 12.2. The minimum atomic E-state index is -0.513. The van der Waals surface area contributed by atoms with Gasteiger partial charge in [-0.1, -0.05) is 32.6 Å². The Morgan fingerprint density at radius 2 is 2.00 bits per heavy atom. The van der Waals surface area contributed by atoms with E-state index < -0.39 is 11.7 Å². The zero-order valence-corrected chi connectivity index (χ0v) is 15.7. The number of nitrogens with one attached hydrogen (secondary N) is 1. The highest BCUT2D eigenvalue weighted by Crippen LogP contribution is 2.32. The van der Waals surface area contributed by atoms with Gasteiger partial charge in [0.05, 0.1) is 0 Å². The highest BCUT2D eigenvalue weighted by molar-refractivity contribution is 8.07. The molecular weight excluding hydrogens is 306 g/mol. The summed E-state index contributed by atoms with van der Waals surface area (Å²) in [5.41, 5.74) is 2.48. The molecule has 1 rings (SSSR count). The molecule has 0 aliphatic rings. The second-order valence-corrected chi connectivity index (χ2v) is 7.40. The minimum absolute atomic E-state index is 0.284. The van der Waals surface area contributed by atoms with Gasteiger partial charge in [0.1, 0.15) is 5.60 Å². The molecule has 1 amide bonds. The van der Waals surface area contributed by atoms with Gasteiger partial charge in [0, 0.05) is 10.6 Å². The van der Waals surface area contributed by atoms with Crippen molar-refractivity contribution in [1.82, 2.24) is 0 Å². The molecule has 0 spiro atoms. The first-order valence-corrected chi connectivity index (χ1v) is 8.91. The molecule has 126 valence electrons. The van der Waals surface area contributed by atoms with Crippen molar-refractivity contribution in [2.45, 2.75) is 46.1 Å². The second-order valence-electron chi connectivity index (χ2n) is 6.55.